The highest BCUT2D eigenvalue weighted by Gasteiger charge is 2.29. The van der Waals surface area contributed by atoms with E-state index in [1.54, 1.807) is 13.8 Å². The van der Waals surface area contributed by atoms with Gasteiger partial charge in [0.05, 0.1) is 4.75 Å². The van der Waals surface area contributed by atoms with Gasteiger partial charge in [-0.1, -0.05) is 0 Å². The molecule has 1 aromatic rings. The van der Waals surface area contributed by atoms with Crippen LogP contribution in [-0.2, 0) is 9.84 Å². The fraction of sp³-hybridized carbons (Fsp3) is 0.500. The number of benzene rings is 1. The molecule has 0 saturated carbocycles. The Labute approximate surface area is 103 Å². The third-order valence-corrected chi connectivity index (χ3v) is 5.14. The third kappa shape index (κ3) is 3.36. The van der Waals surface area contributed by atoms with Gasteiger partial charge < -0.3 is 11.1 Å². The summed E-state index contributed by atoms with van der Waals surface area (Å²) in [6.07, 6.45) is 1.25. The van der Waals surface area contributed by atoms with Crippen molar-refractivity contribution in [1.82, 2.24) is 0 Å². The molecule has 0 spiro atoms. The molecule has 1 rings (SSSR count). The smallest absolute Gasteiger partial charge is 0.154 e. The molecule has 0 aromatic heterocycles. The Morgan fingerprint density at radius 1 is 1.35 bits per heavy atom. The summed E-state index contributed by atoms with van der Waals surface area (Å²) >= 11 is 0. The molecule has 0 aliphatic rings. The second-order valence-electron chi connectivity index (χ2n) is 4.96. The predicted octanol–water partition coefficient (Wildman–Crippen LogP) is 1.81. The van der Waals surface area contributed by atoms with Gasteiger partial charge in [0.2, 0.25) is 0 Å². The zero-order valence-electron chi connectivity index (χ0n) is 10.7. The van der Waals surface area contributed by atoms with Crippen molar-refractivity contribution in [3.05, 3.63) is 23.8 Å². The lowest BCUT2D eigenvalue weighted by molar-refractivity contribution is 0.560. The fourth-order valence-corrected chi connectivity index (χ4v) is 1.57. The van der Waals surface area contributed by atoms with Crippen molar-refractivity contribution in [2.24, 2.45) is 0 Å². The van der Waals surface area contributed by atoms with Crippen LogP contribution in [0.25, 0.3) is 0 Å². The lowest BCUT2D eigenvalue weighted by Crippen LogP contribution is -2.38. The van der Waals surface area contributed by atoms with E-state index >= 15 is 0 Å². The van der Waals surface area contributed by atoms with Gasteiger partial charge in [0.25, 0.3) is 0 Å². The minimum Gasteiger partial charge on any atom is -0.399 e. The highest BCUT2D eigenvalue weighted by molar-refractivity contribution is 7.92. The minimum absolute atomic E-state index is 0.370. The van der Waals surface area contributed by atoms with E-state index in [-0.39, 0.29) is 0 Å². The molecular formula is C12H20N2O2S. The molecule has 0 aliphatic carbocycles. The van der Waals surface area contributed by atoms with Gasteiger partial charge >= 0.3 is 0 Å². The summed E-state index contributed by atoms with van der Waals surface area (Å²) in [6.45, 7) is 5.70. The van der Waals surface area contributed by atoms with Gasteiger partial charge in [0, 0.05) is 24.2 Å². The van der Waals surface area contributed by atoms with Crippen molar-refractivity contribution < 1.29 is 8.42 Å². The molecule has 0 atom stereocenters. The van der Waals surface area contributed by atoms with Crippen molar-refractivity contribution in [3.8, 4) is 0 Å². The highest BCUT2D eigenvalue weighted by atomic mass is 32.2. The van der Waals surface area contributed by atoms with Crippen LogP contribution in [-0.4, -0.2) is 26.0 Å². The van der Waals surface area contributed by atoms with Crippen LogP contribution in [0.3, 0.4) is 0 Å². The first-order chi connectivity index (χ1) is 7.63. The Bertz CT molecular complexity index is 507. The van der Waals surface area contributed by atoms with Gasteiger partial charge in [-0.3, -0.25) is 0 Å². The SMILES string of the molecule is Cc1cc(NCC(C)(C)S(C)(=O)=O)ccc1N. The van der Waals surface area contributed by atoms with E-state index in [9.17, 15) is 8.42 Å². The van der Waals surface area contributed by atoms with Crippen molar-refractivity contribution in [2.45, 2.75) is 25.5 Å². The normalized spacial score (nSPS) is 12.5. The van der Waals surface area contributed by atoms with Crippen molar-refractivity contribution in [1.29, 1.82) is 0 Å². The lowest BCUT2D eigenvalue weighted by atomic mass is 10.1. The van der Waals surface area contributed by atoms with Gasteiger partial charge in [0.15, 0.2) is 9.84 Å². The third-order valence-electron chi connectivity index (χ3n) is 2.99. The van der Waals surface area contributed by atoms with Gasteiger partial charge in [-0.2, -0.15) is 0 Å². The summed E-state index contributed by atoms with van der Waals surface area (Å²) in [4.78, 5) is 0. The molecule has 0 radical (unpaired) electrons. The maximum absolute atomic E-state index is 11.5. The Morgan fingerprint density at radius 3 is 2.41 bits per heavy atom. The van der Waals surface area contributed by atoms with Crippen molar-refractivity contribution in [3.63, 3.8) is 0 Å². The summed E-state index contributed by atoms with van der Waals surface area (Å²) < 4.78 is 22.3. The van der Waals surface area contributed by atoms with E-state index in [0.717, 1.165) is 16.9 Å². The number of anilines is 2. The number of nitrogen functional groups attached to an aromatic ring is 1. The number of hydrogen-bond donors (Lipinski definition) is 2. The molecule has 4 nitrogen and oxygen atoms in total. The number of rotatable bonds is 4. The molecule has 5 heteroatoms. The summed E-state index contributed by atoms with van der Waals surface area (Å²) in [6, 6.07) is 5.57. The maximum Gasteiger partial charge on any atom is 0.154 e. The van der Waals surface area contributed by atoms with Gasteiger partial charge in [-0.25, -0.2) is 8.42 Å². The summed E-state index contributed by atoms with van der Waals surface area (Å²) in [5.74, 6) is 0. The van der Waals surface area contributed by atoms with E-state index in [4.69, 9.17) is 5.73 Å². The largest absolute Gasteiger partial charge is 0.399 e. The first-order valence-electron chi connectivity index (χ1n) is 5.43. The molecule has 0 fully saturated rings. The minimum atomic E-state index is -3.08. The van der Waals surface area contributed by atoms with Crippen LogP contribution in [0.15, 0.2) is 18.2 Å². The Morgan fingerprint density at radius 2 is 1.94 bits per heavy atom. The molecule has 0 bridgehead atoms. The molecule has 3 N–H and O–H groups in total. The molecule has 0 heterocycles. The Hall–Kier alpha value is -1.23. The zero-order chi connectivity index (χ0) is 13.3. The number of nitrogens with two attached hydrogens (primary N) is 1. The Balaban J connectivity index is 2.78. The molecule has 96 valence electrons. The second kappa shape index (κ2) is 4.56. The van der Waals surface area contributed by atoms with Crippen LogP contribution in [0, 0.1) is 6.92 Å². The van der Waals surface area contributed by atoms with Crippen molar-refractivity contribution >= 4 is 21.2 Å². The zero-order valence-corrected chi connectivity index (χ0v) is 11.6. The number of hydrogen-bond acceptors (Lipinski definition) is 4. The van der Waals surface area contributed by atoms with Gasteiger partial charge in [-0.05, 0) is 44.5 Å². The predicted molar refractivity (Wildman–Crippen MR) is 73.0 cm³/mol. The van der Waals surface area contributed by atoms with E-state index in [1.807, 2.05) is 25.1 Å². The first kappa shape index (κ1) is 13.8. The van der Waals surface area contributed by atoms with Gasteiger partial charge in [-0.15, -0.1) is 0 Å². The summed E-state index contributed by atoms with van der Waals surface area (Å²) in [5.41, 5.74) is 8.31. The lowest BCUT2D eigenvalue weighted by Gasteiger charge is -2.23. The van der Waals surface area contributed by atoms with Crippen LogP contribution in [0.4, 0.5) is 11.4 Å². The number of sulfone groups is 1. The molecule has 1 aromatic carbocycles. The van der Waals surface area contributed by atoms with Crippen LogP contribution in [0.2, 0.25) is 0 Å². The van der Waals surface area contributed by atoms with Crippen LogP contribution in [0.1, 0.15) is 19.4 Å². The standard InChI is InChI=1S/C12H20N2O2S/c1-9-7-10(5-6-11(9)13)14-8-12(2,3)17(4,15)16/h5-7,14H,8,13H2,1-4H3. The number of aryl methyl sites for hydroxylation is 1. The molecule has 0 saturated heterocycles. The quantitative estimate of drug-likeness (QED) is 0.806. The number of nitrogens with one attached hydrogen (secondary N) is 1. The van der Waals surface area contributed by atoms with E-state index in [2.05, 4.69) is 5.32 Å². The fourth-order valence-electron chi connectivity index (χ4n) is 1.23. The van der Waals surface area contributed by atoms with Crippen LogP contribution >= 0.6 is 0 Å². The maximum atomic E-state index is 11.5. The molecule has 0 unspecified atom stereocenters. The van der Waals surface area contributed by atoms with Crippen LogP contribution < -0.4 is 11.1 Å². The highest BCUT2D eigenvalue weighted by Crippen LogP contribution is 2.20. The Kier molecular flexibility index (Phi) is 3.71. The van der Waals surface area contributed by atoms with Crippen molar-refractivity contribution in [2.75, 3.05) is 23.9 Å². The topological polar surface area (TPSA) is 72.2 Å². The van der Waals surface area contributed by atoms with Gasteiger partial charge in [0.1, 0.15) is 0 Å². The summed E-state index contributed by atoms with van der Waals surface area (Å²) in [5, 5.41) is 3.12. The monoisotopic (exact) mass is 256 g/mol. The summed E-state index contributed by atoms with van der Waals surface area (Å²) in [7, 11) is -3.08. The van der Waals surface area contributed by atoms with E-state index in [0.29, 0.717) is 6.54 Å². The second-order valence-corrected chi connectivity index (χ2v) is 7.61. The first-order valence-corrected chi connectivity index (χ1v) is 7.32. The molecule has 0 aliphatic heterocycles. The average Bonchev–Trinajstić information content (AvgIpc) is 2.18. The van der Waals surface area contributed by atoms with E-state index < -0.39 is 14.6 Å². The van der Waals surface area contributed by atoms with Crippen LogP contribution in [0.5, 0.6) is 0 Å². The molecule has 0 amide bonds. The van der Waals surface area contributed by atoms with E-state index in [1.165, 1.54) is 6.26 Å². The average molecular weight is 256 g/mol. The molecule has 17 heavy (non-hydrogen) atoms. The molecular weight excluding hydrogens is 236 g/mol.